The molecule has 0 radical (unpaired) electrons. The van der Waals surface area contributed by atoms with E-state index in [1.165, 1.54) is 12.1 Å². The summed E-state index contributed by atoms with van der Waals surface area (Å²) < 4.78 is 12.7. The largest absolute Gasteiger partial charge is 0.481 e. The van der Waals surface area contributed by atoms with Crippen molar-refractivity contribution in [2.75, 3.05) is 0 Å². The number of aliphatic imine (C=N–C) groups is 1. The van der Waals surface area contributed by atoms with Gasteiger partial charge >= 0.3 is 5.97 Å². The lowest BCUT2D eigenvalue weighted by Gasteiger charge is -1.98. The molecule has 0 amide bonds. The van der Waals surface area contributed by atoms with Crippen LogP contribution in [-0.2, 0) is 11.2 Å². The first-order chi connectivity index (χ1) is 9.13. The molecule has 0 aliphatic rings. The minimum atomic E-state index is -0.859. The van der Waals surface area contributed by atoms with Gasteiger partial charge in [-0.05, 0) is 35.4 Å². The van der Waals surface area contributed by atoms with Gasteiger partial charge in [-0.2, -0.15) is 0 Å². The second-order valence-electron chi connectivity index (χ2n) is 4.05. The fraction of sp³-hybridized carbons (Fsp3) is 0.0667. The van der Waals surface area contributed by atoms with Crippen LogP contribution in [0.3, 0.4) is 0 Å². The van der Waals surface area contributed by atoms with Crippen molar-refractivity contribution in [1.29, 1.82) is 0 Å². The van der Waals surface area contributed by atoms with Gasteiger partial charge in [0.25, 0.3) is 0 Å². The second kappa shape index (κ2) is 5.91. The third kappa shape index (κ3) is 4.03. The molecular formula is C15H12FNO2. The number of carbonyl (C=O) groups is 1. The van der Waals surface area contributed by atoms with Gasteiger partial charge in [0.2, 0.25) is 0 Å². The fourth-order valence-corrected chi connectivity index (χ4v) is 1.57. The van der Waals surface area contributed by atoms with Crippen molar-refractivity contribution in [2.24, 2.45) is 4.99 Å². The SMILES string of the molecule is O=C(O)Cc1ccc(N=Cc2ccc(F)cc2)cc1. The predicted molar refractivity (Wildman–Crippen MR) is 71.4 cm³/mol. The molecule has 0 bridgehead atoms. The zero-order valence-electron chi connectivity index (χ0n) is 10.1. The molecule has 19 heavy (non-hydrogen) atoms. The van der Waals surface area contributed by atoms with Gasteiger partial charge in [0.05, 0.1) is 12.1 Å². The van der Waals surface area contributed by atoms with Crippen LogP contribution in [0.1, 0.15) is 11.1 Å². The van der Waals surface area contributed by atoms with E-state index in [0.717, 1.165) is 16.8 Å². The molecule has 0 aliphatic carbocycles. The summed E-state index contributed by atoms with van der Waals surface area (Å²) in [5.41, 5.74) is 2.25. The van der Waals surface area contributed by atoms with Crippen LogP contribution in [0.25, 0.3) is 0 Å². The summed E-state index contributed by atoms with van der Waals surface area (Å²) in [4.78, 5) is 14.8. The van der Waals surface area contributed by atoms with Crippen LogP contribution in [0.15, 0.2) is 53.5 Å². The summed E-state index contributed by atoms with van der Waals surface area (Å²) in [5, 5.41) is 8.65. The van der Waals surface area contributed by atoms with Crippen molar-refractivity contribution in [3.63, 3.8) is 0 Å². The van der Waals surface area contributed by atoms with Crippen LogP contribution >= 0.6 is 0 Å². The maximum atomic E-state index is 12.7. The Morgan fingerprint density at radius 3 is 2.32 bits per heavy atom. The summed E-state index contributed by atoms with van der Waals surface area (Å²) in [5.74, 6) is -1.14. The van der Waals surface area contributed by atoms with Crippen LogP contribution in [-0.4, -0.2) is 17.3 Å². The third-order valence-corrected chi connectivity index (χ3v) is 2.52. The van der Waals surface area contributed by atoms with Crippen LogP contribution in [0, 0.1) is 5.82 Å². The number of hydrogen-bond donors (Lipinski definition) is 1. The van der Waals surface area contributed by atoms with Crippen molar-refractivity contribution < 1.29 is 14.3 Å². The predicted octanol–water partition coefficient (Wildman–Crippen LogP) is 3.20. The molecule has 1 N–H and O–H groups in total. The molecule has 0 unspecified atom stereocenters. The van der Waals surface area contributed by atoms with E-state index in [9.17, 15) is 9.18 Å². The first kappa shape index (κ1) is 13.0. The van der Waals surface area contributed by atoms with Gasteiger partial charge in [-0.1, -0.05) is 24.3 Å². The minimum Gasteiger partial charge on any atom is -0.481 e. The van der Waals surface area contributed by atoms with E-state index in [1.54, 1.807) is 42.6 Å². The topological polar surface area (TPSA) is 49.7 Å². The molecule has 3 nitrogen and oxygen atoms in total. The molecule has 4 heteroatoms. The summed E-state index contributed by atoms with van der Waals surface area (Å²) in [6.45, 7) is 0. The van der Waals surface area contributed by atoms with Crippen LogP contribution in [0.5, 0.6) is 0 Å². The Balaban J connectivity index is 2.06. The lowest BCUT2D eigenvalue weighted by Crippen LogP contribution is -1.99. The lowest BCUT2D eigenvalue weighted by molar-refractivity contribution is -0.136. The minimum absolute atomic E-state index is 0.00194. The quantitative estimate of drug-likeness (QED) is 0.855. The number of carboxylic acids is 1. The van der Waals surface area contributed by atoms with Gasteiger partial charge in [-0.3, -0.25) is 9.79 Å². The van der Waals surface area contributed by atoms with E-state index < -0.39 is 5.97 Å². The van der Waals surface area contributed by atoms with E-state index in [1.807, 2.05) is 0 Å². The van der Waals surface area contributed by atoms with Gasteiger partial charge in [0, 0.05) is 6.21 Å². The summed E-state index contributed by atoms with van der Waals surface area (Å²) in [6, 6.07) is 13.0. The number of benzene rings is 2. The smallest absolute Gasteiger partial charge is 0.307 e. The number of rotatable bonds is 4. The average molecular weight is 257 g/mol. The molecule has 0 aliphatic heterocycles. The molecular weight excluding hydrogens is 245 g/mol. The van der Waals surface area contributed by atoms with Crippen LogP contribution < -0.4 is 0 Å². The Morgan fingerprint density at radius 2 is 1.74 bits per heavy atom. The molecule has 2 rings (SSSR count). The second-order valence-corrected chi connectivity index (χ2v) is 4.05. The number of nitrogens with zero attached hydrogens (tertiary/aromatic N) is 1. The normalized spacial score (nSPS) is 10.8. The number of carboxylic acid groups (broad SMARTS) is 1. The summed E-state index contributed by atoms with van der Waals surface area (Å²) in [7, 11) is 0. The van der Waals surface area contributed by atoms with Crippen LogP contribution in [0.2, 0.25) is 0 Å². The van der Waals surface area contributed by atoms with Gasteiger partial charge in [0.15, 0.2) is 0 Å². The van der Waals surface area contributed by atoms with Crippen molar-refractivity contribution in [3.05, 3.63) is 65.5 Å². The van der Waals surface area contributed by atoms with E-state index in [-0.39, 0.29) is 12.2 Å². The van der Waals surface area contributed by atoms with Gasteiger partial charge in [-0.25, -0.2) is 4.39 Å². The molecule has 0 saturated carbocycles. The highest BCUT2D eigenvalue weighted by molar-refractivity contribution is 5.81. The number of aliphatic carboxylic acids is 1. The molecule has 0 spiro atoms. The highest BCUT2D eigenvalue weighted by atomic mass is 19.1. The lowest BCUT2D eigenvalue weighted by atomic mass is 10.1. The van der Waals surface area contributed by atoms with E-state index in [2.05, 4.69) is 4.99 Å². The molecule has 2 aromatic carbocycles. The number of hydrogen-bond acceptors (Lipinski definition) is 2. The Bertz CT molecular complexity index is 589. The molecule has 2 aromatic rings. The molecule has 0 saturated heterocycles. The molecule has 96 valence electrons. The monoisotopic (exact) mass is 257 g/mol. The molecule has 0 atom stereocenters. The zero-order valence-corrected chi connectivity index (χ0v) is 10.1. The van der Waals surface area contributed by atoms with Crippen molar-refractivity contribution >= 4 is 17.9 Å². The third-order valence-electron chi connectivity index (χ3n) is 2.52. The fourth-order valence-electron chi connectivity index (χ4n) is 1.57. The Morgan fingerprint density at radius 1 is 1.11 bits per heavy atom. The number of halogens is 1. The maximum absolute atomic E-state index is 12.7. The Kier molecular flexibility index (Phi) is 4.03. The summed E-state index contributed by atoms with van der Waals surface area (Å²) >= 11 is 0. The Labute approximate surface area is 110 Å². The highest BCUT2D eigenvalue weighted by Gasteiger charge is 1.99. The van der Waals surface area contributed by atoms with E-state index >= 15 is 0 Å². The average Bonchev–Trinajstić information content (AvgIpc) is 2.39. The standard InChI is InChI=1S/C15H12FNO2/c16-13-5-1-12(2-6-13)10-17-14-7-3-11(4-8-14)9-15(18)19/h1-8,10H,9H2,(H,18,19). The molecule has 0 aromatic heterocycles. The van der Waals surface area contributed by atoms with Crippen molar-refractivity contribution in [1.82, 2.24) is 0 Å². The molecule has 0 heterocycles. The highest BCUT2D eigenvalue weighted by Crippen LogP contribution is 2.13. The first-order valence-corrected chi connectivity index (χ1v) is 5.74. The van der Waals surface area contributed by atoms with E-state index in [0.29, 0.717) is 0 Å². The summed E-state index contributed by atoms with van der Waals surface area (Å²) in [6.07, 6.45) is 1.63. The van der Waals surface area contributed by atoms with Gasteiger partial charge in [-0.15, -0.1) is 0 Å². The van der Waals surface area contributed by atoms with Crippen LogP contribution in [0.4, 0.5) is 10.1 Å². The van der Waals surface area contributed by atoms with Gasteiger partial charge in [0.1, 0.15) is 5.82 Å². The van der Waals surface area contributed by atoms with Crippen molar-refractivity contribution in [2.45, 2.75) is 6.42 Å². The zero-order chi connectivity index (χ0) is 13.7. The van der Waals surface area contributed by atoms with Crippen molar-refractivity contribution in [3.8, 4) is 0 Å². The van der Waals surface area contributed by atoms with E-state index in [4.69, 9.17) is 5.11 Å². The maximum Gasteiger partial charge on any atom is 0.307 e. The molecule has 0 fully saturated rings. The van der Waals surface area contributed by atoms with Gasteiger partial charge < -0.3 is 5.11 Å². The first-order valence-electron chi connectivity index (χ1n) is 5.74. The Hall–Kier alpha value is -2.49.